The van der Waals surface area contributed by atoms with Gasteiger partial charge in [0, 0.05) is 18.5 Å². The lowest BCUT2D eigenvalue weighted by Crippen LogP contribution is -2.20. The van der Waals surface area contributed by atoms with Crippen molar-refractivity contribution in [1.29, 1.82) is 0 Å². The van der Waals surface area contributed by atoms with Crippen molar-refractivity contribution in [3.8, 4) is 11.5 Å². The first-order valence-corrected chi connectivity index (χ1v) is 12.1. The van der Waals surface area contributed by atoms with E-state index in [1.165, 1.54) is 25.5 Å². The first-order chi connectivity index (χ1) is 17.7. The lowest BCUT2D eigenvalue weighted by Gasteiger charge is -2.13. The maximum Gasteiger partial charge on any atom is 0.416 e. The number of rotatable bonds is 10. The average molecular weight is 625 g/mol. The highest BCUT2D eigenvalue weighted by Gasteiger charge is 2.30. The van der Waals surface area contributed by atoms with E-state index in [4.69, 9.17) is 9.47 Å². The number of nitrogens with one attached hydrogen (secondary N) is 2. The Kier molecular flexibility index (Phi) is 9.89. The van der Waals surface area contributed by atoms with Gasteiger partial charge in [0.1, 0.15) is 6.61 Å². The number of carbonyl (C=O) groups excluding carboxylic acids is 2. The van der Waals surface area contributed by atoms with Crippen LogP contribution in [0.5, 0.6) is 11.5 Å². The van der Waals surface area contributed by atoms with Gasteiger partial charge in [-0.05, 0) is 64.0 Å². The van der Waals surface area contributed by atoms with Crippen molar-refractivity contribution in [3.63, 3.8) is 0 Å². The van der Waals surface area contributed by atoms with E-state index in [1.807, 2.05) is 36.4 Å². The summed E-state index contributed by atoms with van der Waals surface area (Å²) in [6.45, 7) is 0.373. The van der Waals surface area contributed by atoms with Crippen LogP contribution in [0.3, 0.4) is 0 Å². The van der Waals surface area contributed by atoms with Crippen molar-refractivity contribution >= 4 is 46.3 Å². The van der Waals surface area contributed by atoms with Crippen molar-refractivity contribution in [3.05, 3.63) is 87.0 Å². The van der Waals surface area contributed by atoms with Crippen LogP contribution in [-0.2, 0) is 22.4 Å². The molecule has 7 nitrogen and oxygen atoms in total. The first-order valence-electron chi connectivity index (χ1n) is 11.0. The number of anilines is 1. The van der Waals surface area contributed by atoms with Gasteiger partial charge in [0.2, 0.25) is 11.8 Å². The van der Waals surface area contributed by atoms with Crippen molar-refractivity contribution in [1.82, 2.24) is 5.43 Å². The number of halogens is 4. The van der Waals surface area contributed by atoms with Gasteiger partial charge >= 0.3 is 6.18 Å². The Balaban J connectivity index is 1.50. The Morgan fingerprint density at radius 3 is 2.43 bits per heavy atom. The topological polar surface area (TPSA) is 89.0 Å². The molecule has 0 unspecified atom stereocenters. The number of methoxy groups -OCH3 is 1. The molecule has 0 radical (unpaired) electrons. The summed E-state index contributed by atoms with van der Waals surface area (Å²) in [6.07, 6.45) is -3.52. The number of alkyl halides is 3. The summed E-state index contributed by atoms with van der Waals surface area (Å²) in [5, 5.41) is 6.25. The second-order valence-corrected chi connectivity index (χ2v) is 8.89. The first kappa shape index (κ1) is 28.0. The van der Waals surface area contributed by atoms with Crippen LogP contribution in [0.15, 0.2) is 71.8 Å². The number of benzene rings is 3. The van der Waals surface area contributed by atoms with Crippen LogP contribution >= 0.6 is 22.6 Å². The molecule has 194 valence electrons. The molecule has 2 amide bonds. The lowest BCUT2D eigenvalue weighted by atomic mass is 10.2. The molecule has 3 rings (SSSR count). The molecule has 0 spiro atoms. The molecule has 3 aromatic carbocycles. The Morgan fingerprint density at radius 2 is 1.73 bits per heavy atom. The SMILES string of the molecule is COc1cc(C=NNC(=O)CCC(=O)Nc2cccc(C(F)(F)F)c2)cc(I)c1OCc1ccccc1. The van der Waals surface area contributed by atoms with Crippen LogP contribution in [-0.4, -0.2) is 25.1 Å². The molecule has 0 saturated carbocycles. The van der Waals surface area contributed by atoms with Gasteiger partial charge in [-0.2, -0.15) is 18.3 Å². The van der Waals surface area contributed by atoms with E-state index in [0.717, 1.165) is 21.3 Å². The Hall–Kier alpha value is -3.61. The predicted octanol–water partition coefficient (Wildman–Crippen LogP) is 5.77. The van der Waals surface area contributed by atoms with Crippen molar-refractivity contribution in [2.45, 2.75) is 25.6 Å². The average Bonchev–Trinajstić information content (AvgIpc) is 2.87. The van der Waals surface area contributed by atoms with Crippen molar-refractivity contribution < 1.29 is 32.2 Å². The van der Waals surface area contributed by atoms with Crippen LogP contribution in [0.2, 0.25) is 0 Å². The van der Waals surface area contributed by atoms with E-state index in [0.29, 0.717) is 23.7 Å². The maximum atomic E-state index is 12.8. The molecule has 0 heterocycles. The molecule has 0 aliphatic carbocycles. The molecule has 0 saturated heterocycles. The van der Waals surface area contributed by atoms with E-state index in [1.54, 1.807) is 6.07 Å². The molecular formula is C26H23F3IN3O4. The van der Waals surface area contributed by atoms with Crippen LogP contribution in [0.25, 0.3) is 0 Å². The minimum atomic E-state index is -4.52. The van der Waals surface area contributed by atoms with E-state index in [2.05, 4.69) is 38.4 Å². The Labute approximate surface area is 225 Å². The number of hydrogen-bond acceptors (Lipinski definition) is 5. The zero-order valence-electron chi connectivity index (χ0n) is 19.6. The van der Waals surface area contributed by atoms with E-state index < -0.39 is 23.6 Å². The smallest absolute Gasteiger partial charge is 0.416 e. The summed E-state index contributed by atoms with van der Waals surface area (Å²) in [7, 11) is 1.52. The van der Waals surface area contributed by atoms with Crippen molar-refractivity contribution in [2.24, 2.45) is 5.10 Å². The fraction of sp³-hybridized carbons (Fsp3) is 0.192. The third kappa shape index (κ3) is 8.77. The van der Waals surface area contributed by atoms with E-state index >= 15 is 0 Å². The summed E-state index contributed by atoms with van der Waals surface area (Å²) >= 11 is 2.12. The highest BCUT2D eigenvalue weighted by atomic mass is 127. The minimum Gasteiger partial charge on any atom is -0.493 e. The molecule has 11 heteroatoms. The van der Waals surface area contributed by atoms with Gasteiger partial charge in [-0.25, -0.2) is 5.43 Å². The number of hydrazone groups is 1. The summed E-state index contributed by atoms with van der Waals surface area (Å²) in [5.41, 5.74) is 3.11. The van der Waals surface area contributed by atoms with Gasteiger partial charge in [-0.1, -0.05) is 36.4 Å². The van der Waals surface area contributed by atoms with Crippen LogP contribution < -0.4 is 20.2 Å². The molecule has 0 aromatic heterocycles. The molecule has 3 aromatic rings. The highest BCUT2D eigenvalue weighted by Crippen LogP contribution is 2.34. The summed E-state index contributed by atoms with van der Waals surface area (Å²) in [5.74, 6) is -0.0365. The quantitative estimate of drug-likeness (QED) is 0.170. The van der Waals surface area contributed by atoms with Gasteiger partial charge < -0.3 is 14.8 Å². The fourth-order valence-corrected chi connectivity index (χ4v) is 3.92. The zero-order chi connectivity index (χ0) is 26.8. The molecule has 0 aliphatic heterocycles. The zero-order valence-corrected chi connectivity index (χ0v) is 21.8. The summed E-state index contributed by atoms with van der Waals surface area (Å²) in [4.78, 5) is 24.1. The van der Waals surface area contributed by atoms with Gasteiger partial charge in [-0.15, -0.1) is 0 Å². The van der Waals surface area contributed by atoms with Crippen molar-refractivity contribution in [2.75, 3.05) is 12.4 Å². The molecule has 2 N–H and O–H groups in total. The largest absolute Gasteiger partial charge is 0.493 e. The number of hydrogen-bond donors (Lipinski definition) is 2. The minimum absolute atomic E-state index is 0.00185. The van der Waals surface area contributed by atoms with Gasteiger partial charge in [0.05, 0.1) is 22.5 Å². The fourth-order valence-electron chi connectivity index (χ4n) is 3.14. The molecule has 37 heavy (non-hydrogen) atoms. The number of ether oxygens (including phenoxy) is 2. The highest BCUT2D eigenvalue weighted by molar-refractivity contribution is 14.1. The van der Waals surface area contributed by atoms with Gasteiger partial charge in [0.15, 0.2) is 11.5 Å². The van der Waals surface area contributed by atoms with Crippen LogP contribution in [0.1, 0.15) is 29.5 Å². The second-order valence-electron chi connectivity index (χ2n) is 7.73. The Bertz CT molecular complexity index is 1270. The summed E-state index contributed by atoms with van der Waals surface area (Å²) in [6, 6.07) is 17.5. The standard InChI is InChI=1S/C26H23F3IN3O4/c1-36-22-13-18(12-21(30)25(22)37-16-17-6-3-2-4-7-17)15-31-33-24(35)11-10-23(34)32-20-9-5-8-19(14-20)26(27,28)29/h2-9,12-15H,10-11,16H2,1H3,(H,32,34)(H,33,35). The van der Waals surface area contributed by atoms with Gasteiger partial charge in [-0.3, -0.25) is 9.59 Å². The van der Waals surface area contributed by atoms with Crippen LogP contribution in [0.4, 0.5) is 18.9 Å². The molecular weight excluding hydrogens is 602 g/mol. The third-order valence-corrected chi connectivity index (χ3v) is 5.73. The second kappa shape index (κ2) is 13.1. The third-order valence-electron chi connectivity index (χ3n) is 4.93. The Morgan fingerprint density at radius 1 is 1.00 bits per heavy atom. The monoisotopic (exact) mass is 625 g/mol. The molecule has 0 atom stereocenters. The number of nitrogens with zero attached hydrogens (tertiary/aromatic N) is 1. The molecule has 0 aliphatic rings. The normalized spacial score (nSPS) is 11.3. The number of amides is 2. The molecule has 0 fully saturated rings. The van der Waals surface area contributed by atoms with Crippen LogP contribution in [0, 0.1) is 3.57 Å². The number of carbonyl (C=O) groups is 2. The lowest BCUT2D eigenvalue weighted by molar-refractivity contribution is -0.137. The maximum absolute atomic E-state index is 12.8. The predicted molar refractivity (Wildman–Crippen MR) is 142 cm³/mol. The molecule has 0 bridgehead atoms. The van der Waals surface area contributed by atoms with E-state index in [-0.39, 0.29) is 18.5 Å². The summed E-state index contributed by atoms with van der Waals surface area (Å²) < 4.78 is 50.5. The van der Waals surface area contributed by atoms with Gasteiger partial charge in [0.25, 0.3) is 0 Å². The van der Waals surface area contributed by atoms with E-state index in [9.17, 15) is 22.8 Å².